The number of amides is 1. The van der Waals surface area contributed by atoms with Crippen molar-refractivity contribution in [2.24, 2.45) is 0 Å². The molecule has 0 saturated carbocycles. The zero-order valence-corrected chi connectivity index (χ0v) is 14.6. The molecular formula is C18H18ClNO5. The van der Waals surface area contributed by atoms with Crippen LogP contribution in [-0.2, 0) is 11.2 Å². The van der Waals surface area contributed by atoms with Crippen LogP contribution in [0.15, 0.2) is 36.4 Å². The van der Waals surface area contributed by atoms with Crippen molar-refractivity contribution < 1.29 is 24.2 Å². The molecule has 0 radical (unpaired) electrons. The average Bonchev–Trinajstić information content (AvgIpc) is 2.61. The van der Waals surface area contributed by atoms with Crippen LogP contribution >= 0.6 is 11.6 Å². The summed E-state index contributed by atoms with van der Waals surface area (Å²) in [6.45, 7) is 1.83. The molecule has 7 heteroatoms. The number of anilines is 1. The third-order valence-electron chi connectivity index (χ3n) is 3.47. The highest BCUT2D eigenvalue weighted by Gasteiger charge is 2.16. The second-order valence-corrected chi connectivity index (χ2v) is 5.58. The predicted molar refractivity (Wildman–Crippen MR) is 94.9 cm³/mol. The van der Waals surface area contributed by atoms with Gasteiger partial charge >= 0.3 is 5.97 Å². The van der Waals surface area contributed by atoms with Crippen molar-refractivity contribution in [2.45, 2.75) is 13.3 Å². The lowest BCUT2D eigenvalue weighted by atomic mass is 10.1. The van der Waals surface area contributed by atoms with Crippen LogP contribution in [0.2, 0.25) is 5.02 Å². The molecule has 0 atom stereocenters. The Bertz CT molecular complexity index is 791. The van der Waals surface area contributed by atoms with Gasteiger partial charge in [-0.3, -0.25) is 4.79 Å². The van der Waals surface area contributed by atoms with E-state index in [9.17, 15) is 9.59 Å². The van der Waals surface area contributed by atoms with E-state index < -0.39 is 11.9 Å². The molecule has 0 aromatic heterocycles. The summed E-state index contributed by atoms with van der Waals surface area (Å²) in [6.07, 6.45) is 0.870. The molecule has 25 heavy (non-hydrogen) atoms. The van der Waals surface area contributed by atoms with Crippen LogP contribution in [0, 0.1) is 0 Å². The number of aromatic carboxylic acids is 1. The second-order valence-electron chi connectivity index (χ2n) is 5.18. The zero-order valence-electron chi connectivity index (χ0n) is 13.8. The molecule has 132 valence electrons. The molecule has 2 aromatic rings. The topological polar surface area (TPSA) is 84.9 Å². The van der Waals surface area contributed by atoms with Crippen molar-refractivity contribution in [3.8, 4) is 11.5 Å². The molecule has 2 aromatic carbocycles. The summed E-state index contributed by atoms with van der Waals surface area (Å²) in [7, 11) is 1.34. The number of rotatable bonds is 7. The largest absolute Gasteiger partial charge is 0.496 e. The average molecular weight is 364 g/mol. The number of benzene rings is 2. The third kappa shape index (κ3) is 4.87. The molecule has 6 nitrogen and oxygen atoms in total. The fraction of sp³-hybridized carbons (Fsp3) is 0.222. The predicted octanol–water partition coefficient (Wildman–Crippen LogP) is 3.63. The number of carboxylic acid groups (broad SMARTS) is 1. The van der Waals surface area contributed by atoms with E-state index in [4.69, 9.17) is 26.2 Å². The Morgan fingerprint density at radius 3 is 2.64 bits per heavy atom. The molecule has 1 amide bonds. The monoisotopic (exact) mass is 363 g/mol. The molecule has 0 aliphatic rings. The maximum Gasteiger partial charge on any atom is 0.339 e. The van der Waals surface area contributed by atoms with Crippen molar-refractivity contribution in [1.82, 2.24) is 0 Å². The van der Waals surface area contributed by atoms with Gasteiger partial charge in [-0.2, -0.15) is 0 Å². The summed E-state index contributed by atoms with van der Waals surface area (Å²) in [5.41, 5.74) is 1.27. The number of nitrogens with one attached hydrogen (secondary N) is 1. The summed E-state index contributed by atoms with van der Waals surface area (Å²) in [4.78, 5) is 23.2. The van der Waals surface area contributed by atoms with Crippen LogP contribution in [0.4, 0.5) is 5.69 Å². The first-order valence-corrected chi connectivity index (χ1v) is 7.94. The first-order chi connectivity index (χ1) is 11.9. The Balaban J connectivity index is 2.06. The molecule has 2 N–H and O–H groups in total. The van der Waals surface area contributed by atoms with E-state index >= 15 is 0 Å². The van der Waals surface area contributed by atoms with Gasteiger partial charge in [0.15, 0.2) is 6.61 Å². The molecule has 0 aliphatic carbocycles. The lowest BCUT2D eigenvalue weighted by Gasteiger charge is -2.12. The Morgan fingerprint density at radius 1 is 1.24 bits per heavy atom. The molecule has 0 heterocycles. The van der Waals surface area contributed by atoms with Crippen LogP contribution in [-0.4, -0.2) is 30.7 Å². The molecule has 0 bridgehead atoms. The highest BCUT2D eigenvalue weighted by Crippen LogP contribution is 2.31. The van der Waals surface area contributed by atoms with Crippen LogP contribution in [0.1, 0.15) is 22.8 Å². The normalized spacial score (nSPS) is 10.2. The van der Waals surface area contributed by atoms with E-state index in [0.29, 0.717) is 5.75 Å². The van der Waals surface area contributed by atoms with Crippen molar-refractivity contribution in [3.63, 3.8) is 0 Å². The van der Waals surface area contributed by atoms with Gasteiger partial charge in [0.25, 0.3) is 5.91 Å². The van der Waals surface area contributed by atoms with Crippen molar-refractivity contribution in [1.29, 1.82) is 0 Å². The Morgan fingerprint density at radius 2 is 2.00 bits per heavy atom. The highest BCUT2D eigenvalue weighted by atomic mass is 35.5. The van der Waals surface area contributed by atoms with Gasteiger partial charge in [-0.25, -0.2) is 4.79 Å². The van der Waals surface area contributed by atoms with E-state index in [1.54, 1.807) is 6.07 Å². The fourth-order valence-corrected chi connectivity index (χ4v) is 2.39. The van der Waals surface area contributed by atoms with E-state index in [0.717, 1.165) is 12.0 Å². The summed E-state index contributed by atoms with van der Waals surface area (Å²) >= 11 is 6.03. The first kappa shape index (κ1) is 18.6. The van der Waals surface area contributed by atoms with Crippen molar-refractivity contribution in [2.75, 3.05) is 19.0 Å². The SMILES string of the molecule is CCc1cccc(OCC(=O)Nc2cc(OC)c(C(=O)O)cc2Cl)c1. The van der Waals surface area contributed by atoms with Crippen molar-refractivity contribution >= 4 is 29.2 Å². The van der Waals surface area contributed by atoms with Gasteiger partial charge in [0.2, 0.25) is 0 Å². The Kier molecular flexibility index (Phi) is 6.25. The molecular weight excluding hydrogens is 346 g/mol. The number of carbonyl (C=O) groups excluding carboxylic acids is 1. The molecule has 2 rings (SSSR count). The molecule has 0 fully saturated rings. The van der Waals surface area contributed by atoms with Gasteiger partial charge in [0, 0.05) is 6.07 Å². The van der Waals surface area contributed by atoms with E-state index in [1.165, 1.54) is 19.2 Å². The number of carboxylic acids is 1. The number of ether oxygens (including phenoxy) is 2. The van der Waals surface area contributed by atoms with E-state index in [2.05, 4.69) is 5.32 Å². The second kappa shape index (κ2) is 8.39. The summed E-state index contributed by atoms with van der Waals surface area (Å²) in [6, 6.07) is 10.1. The van der Waals surface area contributed by atoms with Crippen molar-refractivity contribution in [3.05, 3.63) is 52.5 Å². The summed E-state index contributed by atoms with van der Waals surface area (Å²) in [5.74, 6) is -0.895. The number of hydrogen-bond acceptors (Lipinski definition) is 4. The van der Waals surface area contributed by atoms with Gasteiger partial charge < -0.3 is 19.9 Å². The first-order valence-electron chi connectivity index (χ1n) is 7.57. The zero-order chi connectivity index (χ0) is 18.4. The molecule has 0 spiro atoms. The third-order valence-corrected chi connectivity index (χ3v) is 3.78. The van der Waals surface area contributed by atoms with Gasteiger partial charge in [-0.05, 0) is 30.2 Å². The number of halogens is 1. The lowest BCUT2D eigenvalue weighted by Crippen LogP contribution is -2.20. The van der Waals surface area contributed by atoms with E-state index in [-0.39, 0.29) is 28.6 Å². The summed E-state index contributed by atoms with van der Waals surface area (Å²) in [5, 5.41) is 11.8. The van der Waals surface area contributed by atoms with Gasteiger partial charge in [0.1, 0.15) is 17.1 Å². The minimum absolute atomic E-state index is 0.0851. The Labute approximate surface area is 150 Å². The van der Waals surface area contributed by atoms with Crippen LogP contribution < -0.4 is 14.8 Å². The van der Waals surface area contributed by atoms with Gasteiger partial charge in [-0.1, -0.05) is 30.7 Å². The fourth-order valence-electron chi connectivity index (χ4n) is 2.18. The smallest absolute Gasteiger partial charge is 0.339 e. The minimum atomic E-state index is -1.17. The quantitative estimate of drug-likeness (QED) is 0.784. The minimum Gasteiger partial charge on any atom is -0.496 e. The standard InChI is InChI=1S/C18H18ClNO5/c1-3-11-5-4-6-12(7-11)25-10-17(21)20-15-9-16(24-2)13(18(22)23)8-14(15)19/h4-9H,3,10H2,1-2H3,(H,20,21)(H,22,23). The molecule has 0 aliphatic heterocycles. The number of methoxy groups -OCH3 is 1. The molecule has 0 unspecified atom stereocenters. The van der Waals surface area contributed by atoms with Crippen LogP contribution in [0.25, 0.3) is 0 Å². The van der Waals surface area contributed by atoms with Crippen LogP contribution in [0.3, 0.4) is 0 Å². The number of aryl methyl sites for hydroxylation is 1. The number of carbonyl (C=O) groups is 2. The van der Waals surface area contributed by atoms with Gasteiger partial charge in [0.05, 0.1) is 17.8 Å². The maximum atomic E-state index is 12.1. The number of hydrogen-bond donors (Lipinski definition) is 2. The Hall–Kier alpha value is -2.73. The van der Waals surface area contributed by atoms with E-state index in [1.807, 2.05) is 25.1 Å². The molecule has 0 saturated heterocycles. The lowest BCUT2D eigenvalue weighted by molar-refractivity contribution is -0.118. The van der Waals surface area contributed by atoms with Gasteiger partial charge in [-0.15, -0.1) is 0 Å². The van der Waals surface area contributed by atoms with Crippen LogP contribution in [0.5, 0.6) is 11.5 Å². The summed E-state index contributed by atoms with van der Waals surface area (Å²) < 4.78 is 10.5. The maximum absolute atomic E-state index is 12.1. The highest BCUT2D eigenvalue weighted by molar-refractivity contribution is 6.34.